The average molecular weight is 443 g/mol. The predicted molar refractivity (Wildman–Crippen MR) is 112 cm³/mol. The lowest BCUT2D eigenvalue weighted by Gasteiger charge is -2.45. The first-order valence-corrected chi connectivity index (χ1v) is 10.9. The van der Waals surface area contributed by atoms with Gasteiger partial charge >= 0.3 is 6.18 Å². The van der Waals surface area contributed by atoms with Gasteiger partial charge in [-0.3, -0.25) is 9.89 Å². The molecule has 2 heterocycles. The van der Waals surface area contributed by atoms with Gasteiger partial charge in [-0.15, -0.1) is 0 Å². The van der Waals surface area contributed by atoms with E-state index in [4.69, 9.17) is 5.73 Å². The highest BCUT2D eigenvalue weighted by Gasteiger charge is 2.52. The molecule has 1 fully saturated rings. The Morgan fingerprint density at radius 2 is 1.94 bits per heavy atom. The molecule has 3 N–H and O–H groups in total. The van der Waals surface area contributed by atoms with Gasteiger partial charge in [0.25, 0.3) is 0 Å². The highest BCUT2D eigenvalue weighted by Crippen LogP contribution is 2.55. The number of nitrogens with two attached hydrogens (primary N) is 1. The molecule has 32 heavy (non-hydrogen) atoms. The van der Waals surface area contributed by atoms with Crippen LogP contribution in [-0.4, -0.2) is 32.2 Å². The second-order valence-electron chi connectivity index (χ2n) is 9.05. The number of halogens is 3. The molecular weight excluding hydrogens is 419 g/mol. The number of aryl methyl sites for hydroxylation is 1. The van der Waals surface area contributed by atoms with Crippen LogP contribution in [0.25, 0.3) is 22.3 Å². The highest BCUT2D eigenvalue weighted by atomic mass is 19.4. The van der Waals surface area contributed by atoms with Crippen LogP contribution < -0.4 is 5.73 Å². The molecule has 168 valence electrons. The molecule has 0 unspecified atom stereocenters. The van der Waals surface area contributed by atoms with Gasteiger partial charge in [0.2, 0.25) is 5.91 Å². The minimum atomic E-state index is -4.22. The van der Waals surface area contributed by atoms with Gasteiger partial charge in [-0.05, 0) is 68.1 Å². The number of aromatic nitrogens is 4. The summed E-state index contributed by atoms with van der Waals surface area (Å²) < 4.78 is 39.7. The monoisotopic (exact) mass is 443 g/mol. The Morgan fingerprint density at radius 1 is 1.16 bits per heavy atom. The maximum absolute atomic E-state index is 13.2. The number of hydrogen-bond donors (Lipinski definition) is 2. The minimum Gasteiger partial charge on any atom is -0.369 e. The van der Waals surface area contributed by atoms with Gasteiger partial charge in [0, 0.05) is 5.56 Å². The van der Waals surface area contributed by atoms with Crippen molar-refractivity contribution in [1.82, 2.24) is 20.2 Å². The zero-order chi connectivity index (χ0) is 22.5. The summed E-state index contributed by atoms with van der Waals surface area (Å²) in [5.41, 5.74) is 9.42. The van der Waals surface area contributed by atoms with Gasteiger partial charge in [0.15, 0.2) is 5.65 Å². The van der Waals surface area contributed by atoms with Crippen molar-refractivity contribution in [2.24, 2.45) is 17.1 Å². The molecule has 0 bridgehead atoms. The number of fused-ring (bicyclic) bond motifs is 2. The summed E-state index contributed by atoms with van der Waals surface area (Å²) >= 11 is 0. The van der Waals surface area contributed by atoms with Crippen molar-refractivity contribution in [2.45, 2.75) is 57.0 Å². The number of H-pyrrole nitrogens is 1. The van der Waals surface area contributed by atoms with E-state index in [0.29, 0.717) is 5.65 Å². The molecule has 1 amide bonds. The standard InChI is InChI=1S/C23H24F3N5O/c24-23(25,26)15-6-8-22(9-7-15,21(27)32)18-3-1-2-13-10-14(4-5-16(13)18)19-17-11-30-31-20(17)29-12-28-19/h4-5,10-12,15,18H,1-3,6-9H2,(H2,27,32)(H,28,29,30,31)/t15?,18-,22?/m1/s1. The topological polar surface area (TPSA) is 97.5 Å². The van der Waals surface area contributed by atoms with E-state index in [-0.39, 0.29) is 31.6 Å². The van der Waals surface area contributed by atoms with Gasteiger partial charge < -0.3 is 5.73 Å². The van der Waals surface area contributed by atoms with Crippen molar-refractivity contribution in [3.63, 3.8) is 0 Å². The summed E-state index contributed by atoms with van der Waals surface area (Å²) in [4.78, 5) is 21.3. The fourth-order valence-corrected chi connectivity index (χ4v) is 5.76. The molecule has 0 radical (unpaired) electrons. The second kappa shape index (κ2) is 7.56. The first-order valence-electron chi connectivity index (χ1n) is 10.9. The lowest BCUT2D eigenvalue weighted by Crippen LogP contribution is -2.47. The van der Waals surface area contributed by atoms with E-state index in [1.54, 1.807) is 6.20 Å². The van der Waals surface area contributed by atoms with E-state index in [0.717, 1.165) is 47.0 Å². The summed E-state index contributed by atoms with van der Waals surface area (Å²) in [5, 5.41) is 7.70. The highest BCUT2D eigenvalue weighted by molar-refractivity contribution is 5.89. The van der Waals surface area contributed by atoms with Gasteiger partial charge in [0.1, 0.15) is 6.33 Å². The van der Waals surface area contributed by atoms with Gasteiger partial charge in [-0.2, -0.15) is 18.3 Å². The molecule has 3 aromatic rings. The molecule has 0 saturated heterocycles. The molecule has 2 aromatic heterocycles. The summed E-state index contributed by atoms with van der Waals surface area (Å²) in [5.74, 6) is -1.99. The van der Waals surface area contributed by atoms with Gasteiger partial charge in [-0.1, -0.05) is 12.1 Å². The minimum absolute atomic E-state index is 0.0459. The summed E-state index contributed by atoms with van der Waals surface area (Å²) in [6.45, 7) is 0. The number of aromatic amines is 1. The van der Waals surface area contributed by atoms with Crippen LogP contribution in [0.3, 0.4) is 0 Å². The Bertz CT molecular complexity index is 1160. The molecule has 0 spiro atoms. The van der Waals surface area contributed by atoms with Gasteiger partial charge in [0.05, 0.1) is 28.6 Å². The molecule has 0 aliphatic heterocycles. The number of carbonyl (C=O) groups is 1. The van der Waals surface area contributed by atoms with Crippen LogP contribution in [0.4, 0.5) is 13.2 Å². The third-order valence-electron chi connectivity index (χ3n) is 7.48. The Labute approximate surface area is 182 Å². The number of nitrogens with zero attached hydrogens (tertiary/aromatic N) is 3. The first kappa shape index (κ1) is 20.9. The number of nitrogens with one attached hydrogen (secondary N) is 1. The number of amides is 1. The predicted octanol–water partition coefficient (Wildman–Crippen LogP) is 4.66. The number of carbonyl (C=O) groups excluding carboxylic acids is 1. The molecule has 6 nitrogen and oxygen atoms in total. The van der Waals surface area contributed by atoms with E-state index in [1.807, 2.05) is 12.1 Å². The summed E-state index contributed by atoms with van der Waals surface area (Å²) in [7, 11) is 0. The molecule has 2 aliphatic rings. The second-order valence-corrected chi connectivity index (χ2v) is 9.05. The number of rotatable bonds is 3. The quantitative estimate of drug-likeness (QED) is 0.615. The Kier molecular flexibility index (Phi) is 4.94. The van der Waals surface area contributed by atoms with Crippen LogP contribution in [-0.2, 0) is 11.2 Å². The SMILES string of the molecule is NC(=O)C1([C@@H]2CCCc3cc(-c4ncnc5[nH]ncc45)ccc32)CCC(C(F)(F)F)CC1. The van der Waals surface area contributed by atoms with Crippen LogP contribution in [0.2, 0.25) is 0 Å². The van der Waals surface area contributed by atoms with Crippen molar-refractivity contribution in [3.8, 4) is 11.3 Å². The normalized spacial score (nSPS) is 26.1. The van der Waals surface area contributed by atoms with E-state index in [1.165, 1.54) is 6.33 Å². The zero-order valence-electron chi connectivity index (χ0n) is 17.5. The molecule has 1 aromatic carbocycles. The smallest absolute Gasteiger partial charge is 0.369 e. The van der Waals surface area contributed by atoms with Crippen LogP contribution in [0, 0.1) is 11.3 Å². The average Bonchev–Trinajstić information content (AvgIpc) is 3.26. The van der Waals surface area contributed by atoms with E-state index >= 15 is 0 Å². The summed E-state index contributed by atoms with van der Waals surface area (Å²) in [6, 6.07) is 6.04. The lowest BCUT2D eigenvalue weighted by molar-refractivity contribution is -0.189. The number of alkyl halides is 3. The molecule has 9 heteroatoms. The van der Waals surface area contributed by atoms with Crippen molar-refractivity contribution >= 4 is 16.9 Å². The Balaban J connectivity index is 1.51. The summed E-state index contributed by atoms with van der Waals surface area (Å²) in [6.07, 6.45) is 1.69. The molecule has 2 aliphatic carbocycles. The molecule has 1 atom stereocenters. The first-order chi connectivity index (χ1) is 15.3. The zero-order valence-corrected chi connectivity index (χ0v) is 17.5. The Hall–Kier alpha value is -2.97. The fourth-order valence-electron chi connectivity index (χ4n) is 5.76. The fraction of sp³-hybridized carbons (Fsp3) is 0.478. The molecule has 1 saturated carbocycles. The van der Waals surface area contributed by atoms with Crippen LogP contribution >= 0.6 is 0 Å². The third kappa shape index (κ3) is 3.34. The molecule has 5 rings (SSSR count). The van der Waals surface area contributed by atoms with Gasteiger partial charge in [-0.25, -0.2) is 9.97 Å². The van der Waals surface area contributed by atoms with Crippen LogP contribution in [0.15, 0.2) is 30.7 Å². The number of hydrogen-bond acceptors (Lipinski definition) is 4. The van der Waals surface area contributed by atoms with Crippen molar-refractivity contribution < 1.29 is 18.0 Å². The van der Waals surface area contributed by atoms with E-state index < -0.39 is 23.4 Å². The van der Waals surface area contributed by atoms with Crippen LogP contribution in [0.1, 0.15) is 55.6 Å². The maximum Gasteiger partial charge on any atom is 0.391 e. The van der Waals surface area contributed by atoms with Crippen molar-refractivity contribution in [2.75, 3.05) is 0 Å². The maximum atomic E-state index is 13.2. The molecular formula is C23H24F3N5O. The largest absolute Gasteiger partial charge is 0.391 e. The lowest BCUT2D eigenvalue weighted by atomic mass is 9.58. The van der Waals surface area contributed by atoms with E-state index in [9.17, 15) is 18.0 Å². The van der Waals surface area contributed by atoms with Crippen LogP contribution in [0.5, 0.6) is 0 Å². The number of benzene rings is 1. The van der Waals surface area contributed by atoms with E-state index in [2.05, 4.69) is 26.2 Å². The number of primary amides is 1. The Morgan fingerprint density at radius 3 is 2.66 bits per heavy atom. The third-order valence-corrected chi connectivity index (χ3v) is 7.48. The van der Waals surface area contributed by atoms with Crippen molar-refractivity contribution in [3.05, 3.63) is 41.9 Å². The van der Waals surface area contributed by atoms with Crippen molar-refractivity contribution in [1.29, 1.82) is 0 Å².